The van der Waals surface area contributed by atoms with Crippen LogP contribution < -0.4 is 23.7 Å². The minimum absolute atomic E-state index is 0.0986. The third-order valence-corrected chi connectivity index (χ3v) is 4.99. The molecule has 0 unspecified atom stereocenters. The first kappa shape index (κ1) is 22.0. The molecule has 0 amide bonds. The first-order chi connectivity index (χ1) is 16.0. The van der Waals surface area contributed by atoms with Crippen molar-refractivity contribution < 1.29 is 33.3 Å². The van der Waals surface area contributed by atoms with Crippen molar-refractivity contribution in [2.24, 2.45) is 0 Å². The van der Waals surface area contributed by atoms with Gasteiger partial charge in [0.15, 0.2) is 17.3 Å². The highest BCUT2D eigenvalue weighted by Crippen LogP contribution is 2.38. The molecule has 3 aromatic rings. The van der Waals surface area contributed by atoms with Gasteiger partial charge in [-0.1, -0.05) is 24.3 Å². The molecule has 0 saturated heterocycles. The molecule has 3 aromatic carbocycles. The molecule has 0 radical (unpaired) electrons. The van der Waals surface area contributed by atoms with Crippen LogP contribution in [0.25, 0.3) is 6.08 Å². The third kappa shape index (κ3) is 4.39. The maximum Gasteiger partial charge on any atom is 0.347 e. The number of Topliss-reactive ketones (excluding diaryl/α,β-unsaturated/α-hetero) is 1. The average Bonchev–Trinajstić information content (AvgIpc) is 3.15. The van der Waals surface area contributed by atoms with E-state index >= 15 is 0 Å². The molecule has 7 heteroatoms. The molecule has 1 aliphatic heterocycles. The minimum Gasteiger partial charge on any atom is -0.497 e. The van der Waals surface area contributed by atoms with E-state index in [1.54, 1.807) is 60.7 Å². The summed E-state index contributed by atoms with van der Waals surface area (Å²) in [6, 6.07) is 16.9. The molecule has 1 heterocycles. The standard InChI is InChI=1S/C26H22O7/c1-4-31-21-11-7-8-16(25(21)33-26(28)19-9-5-6-10-20(19)30-3)14-23-24(27)18-13-12-17(29-2)15-22(18)32-23/h5-15H,4H2,1-3H3/b23-14-. The molecule has 0 spiro atoms. The maximum absolute atomic E-state index is 13.0. The summed E-state index contributed by atoms with van der Waals surface area (Å²) >= 11 is 0. The molecule has 0 N–H and O–H groups in total. The molecule has 0 saturated carbocycles. The molecule has 0 fully saturated rings. The molecule has 1 aliphatic rings. The van der Waals surface area contributed by atoms with Crippen molar-refractivity contribution in [2.45, 2.75) is 6.92 Å². The van der Waals surface area contributed by atoms with Crippen molar-refractivity contribution >= 4 is 17.8 Å². The fraction of sp³-hybridized carbons (Fsp3) is 0.154. The first-order valence-corrected chi connectivity index (χ1v) is 10.3. The van der Waals surface area contributed by atoms with Crippen LogP contribution in [-0.2, 0) is 0 Å². The van der Waals surface area contributed by atoms with Crippen LogP contribution in [0.3, 0.4) is 0 Å². The highest BCUT2D eigenvalue weighted by molar-refractivity contribution is 6.14. The van der Waals surface area contributed by atoms with Crippen molar-refractivity contribution in [3.63, 3.8) is 0 Å². The molecule has 0 bridgehead atoms. The molecular formula is C26H22O7. The van der Waals surface area contributed by atoms with E-state index in [2.05, 4.69) is 0 Å². The lowest BCUT2D eigenvalue weighted by molar-refractivity contribution is 0.0724. The Bertz CT molecular complexity index is 1240. The number of fused-ring (bicyclic) bond motifs is 1. The summed E-state index contributed by atoms with van der Waals surface area (Å²) in [5.41, 5.74) is 1.14. The van der Waals surface area contributed by atoms with Gasteiger partial charge >= 0.3 is 5.97 Å². The maximum atomic E-state index is 13.0. The summed E-state index contributed by atoms with van der Waals surface area (Å²) in [6.07, 6.45) is 1.53. The summed E-state index contributed by atoms with van der Waals surface area (Å²) in [7, 11) is 3.02. The van der Waals surface area contributed by atoms with Crippen molar-refractivity contribution in [2.75, 3.05) is 20.8 Å². The number of hydrogen-bond acceptors (Lipinski definition) is 7. The third-order valence-electron chi connectivity index (χ3n) is 4.99. The number of esters is 1. The average molecular weight is 446 g/mol. The van der Waals surface area contributed by atoms with Crippen LogP contribution in [0.15, 0.2) is 66.4 Å². The largest absolute Gasteiger partial charge is 0.497 e. The Hall–Kier alpha value is -4.26. The molecule has 7 nitrogen and oxygen atoms in total. The fourth-order valence-electron chi connectivity index (χ4n) is 3.42. The summed E-state index contributed by atoms with van der Waals surface area (Å²) in [6.45, 7) is 2.19. The lowest BCUT2D eigenvalue weighted by Crippen LogP contribution is -2.12. The monoisotopic (exact) mass is 446 g/mol. The number of carbonyl (C=O) groups is 2. The molecule has 0 aliphatic carbocycles. The Morgan fingerprint density at radius 2 is 1.76 bits per heavy atom. The van der Waals surface area contributed by atoms with Gasteiger partial charge in [-0.3, -0.25) is 4.79 Å². The van der Waals surface area contributed by atoms with Gasteiger partial charge in [0.2, 0.25) is 5.78 Å². The van der Waals surface area contributed by atoms with Crippen molar-refractivity contribution in [3.8, 4) is 28.7 Å². The Morgan fingerprint density at radius 1 is 0.970 bits per heavy atom. The van der Waals surface area contributed by atoms with Gasteiger partial charge in [0, 0.05) is 11.6 Å². The predicted molar refractivity (Wildman–Crippen MR) is 121 cm³/mol. The van der Waals surface area contributed by atoms with E-state index in [0.717, 1.165) is 0 Å². The SMILES string of the molecule is CCOc1cccc(/C=C2\Oc3cc(OC)ccc3C2=O)c1OC(=O)c1ccccc1OC. The van der Waals surface area contributed by atoms with Crippen LogP contribution in [-0.4, -0.2) is 32.6 Å². The van der Waals surface area contributed by atoms with Crippen LogP contribution in [0.2, 0.25) is 0 Å². The zero-order chi connectivity index (χ0) is 23.4. The van der Waals surface area contributed by atoms with E-state index in [-0.39, 0.29) is 22.9 Å². The second kappa shape index (κ2) is 9.48. The molecular weight excluding hydrogens is 424 g/mol. The molecule has 0 aromatic heterocycles. The molecule has 0 atom stereocenters. The van der Waals surface area contributed by atoms with E-state index in [4.69, 9.17) is 23.7 Å². The minimum atomic E-state index is -0.619. The number of ether oxygens (including phenoxy) is 5. The van der Waals surface area contributed by atoms with Gasteiger partial charge in [0.1, 0.15) is 22.8 Å². The smallest absolute Gasteiger partial charge is 0.347 e. The van der Waals surface area contributed by atoms with Crippen LogP contribution in [0.1, 0.15) is 33.2 Å². The Kier molecular flexibility index (Phi) is 6.31. The zero-order valence-corrected chi connectivity index (χ0v) is 18.4. The van der Waals surface area contributed by atoms with E-state index in [0.29, 0.717) is 40.7 Å². The van der Waals surface area contributed by atoms with E-state index in [1.807, 2.05) is 6.92 Å². The quantitative estimate of drug-likeness (QED) is 0.289. The lowest BCUT2D eigenvalue weighted by atomic mass is 10.1. The summed E-state index contributed by atoms with van der Waals surface area (Å²) in [5.74, 6) is 1.10. The van der Waals surface area contributed by atoms with Gasteiger partial charge < -0.3 is 23.7 Å². The number of carbonyl (C=O) groups excluding carboxylic acids is 2. The highest BCUT2D eigenvalue weighted by atomic mass is 16.6. The summed E-state index contributed by atoms with van der Waals surface area (Å²) < 4.78 is 27.7. The fourth-order valence-corrected chi connectivity index (χ4v) is 3.42. The van der Waals surface area contributed by atoms with Crippen LogP contribution >= 0.6 is 0 Å². The highest BCUT2D eigenvalue weighted by Gasteiger charge is 2.29. The summed E-state index contributed by atoms with van der Waals surface area (Å²) in [4.78, 5) is 25.8. The number of methoxy groups -OCH3 is 2. The van der Waals surface area contributed by atoms with E-state index in [1.165, 1.54) is 20.3 Å². The summed E-state index contributed by atoms with van der Waals surface area (Å²) in [5, 5.41) is 0. The Balaban J connectivity index is 1.72. The van der Waals surface area contributed by atoms with Crippen molar-refractivity contribution in [1.29, 1.82) is 0 Å². The molecule has 4 rings (SSSR count). The Labute approximate surface area is 191 Å². The number of allylic oxidation sites excluding steroid dienone is 1. The van der Waals surface area contributed by atoms with Crippen LogP contribution in [0.4, 0.5) is 0 Å². The van der Waals surface area contributed by atoms with Crippen LogP contribution in [0, 0.1) is 0 Å². The second-order valence-electron chi connectivity index (χ2n) is 7.00. The molecule has 168 valence electrons. The topological polar surface area (TPSA) is 80.3 Å². The first-order valence-electron chi connectivity index (χ1n) is 10.3. The normalized spacial score (nSPS) is 13.3. The number of para-hydroxylation sites is 2. The number of benzene rings is 3. The zero-order valence-electron chi connectivity index (χ0n) is 18.4. The van der Waals surface area contributed by atoms with Gasteiger partial charge in [-0.25, -0.2) is 4.79 Å². The van der Waals surface area contributed by atoms with Gasteiger partial charge in [0.25, 0.3) is 0 Å². The second-order valence-corrected chi connectivity index (χ2v) is 7.00. The van der Waals surface area contributed by atoms with E-state index < -0.39 is 5.97 Å². The van der Waals surface area contributed by atoms with Crippen molar-refractivity contribution in [1.82, 2.24) is 0 Å². The number of rotatable bonds is 7. The van der Waals surface area contributed by atoms with Crippen molar-refractivity contribution in [3.05, 3.63) is 83.1 Å². The van der Waals surface area contributed by atoms with Gasteiger partial charge in [-0.05, 0) is 43.3 Å². The lowest BCUT2D eigenvalue weighted by Gasteiger charge is -2.14. The van der Waals surface area contributed by atoms with Gasteiger partial charge in [-0.15, -0.1) is 0 Å². The number of ketones is 1. The Morgan fingerprint density at radius 3 is 2.52 bits per heavy atom. The van der Waals surface area contributed by atoms with Gasteiger partial charge in [-0.2, -0.15) is 0 Å². The van der Waals surface area contributed by atoms with Gasteiger partial charge in [0.05, 0.1) is 26.4 Å². The van der Waals surface area contributed by atoms with E-state index in [9.17, 15) is 9.59 Å². The predicted octanol–water partition coefficient (Wildman–Crippen LogP) is 4.94. The van der Waals surface area contributed by atoms with Crippen LogP contribution in [0.5, 0.6) is 28.7 Å². The number of hydrogen-bond donors (Lipinski definition) is 0. The molecule has 33 heavy (non-hydrogen) atoms.